The molecule has 56 heavy (non-hydrogen) atoms. The van der Waals surface area contributed by atoms with E-state index in [9.17, 15) is 19.2 Å². The summed E-state index contributed by atoms with van der Waals surface area (Å²) in [6.07, 6.45) is 3.72. The van der Waals surface area contributed by atoms with Gasteiger partial charge in [0.1, 0.15) is 28.9 Å². The van der Waals surface area contributed by atoms with Crippen molar-refractivity contribution in [1.29, 1.82) is 0 Å². The van der Waals surface area contributed by atoms with Crippen LogP contribution < -0.4 is 10.7 Å². The number of imidazole rings is 2. The van der Waals surface area contributed by atoms with Gasteiger partial charge >= 0.3 is 12.2 Å². The smallest absolute Gasteiger partial charge is 0.425 e. The van der Waals surface area contributed by atoms with Crippen LogP contribution in [0.1, 0.15) is 62.8 Å². The van der Waals surface area contributed by atoms with Crippen LogP contribution in [0.15, 0.2) is 77.5 Å². The third-order valence-corrected chi connectivity index (χ3v) is 10.1. The number of furan rings is 2. The van der Waals surface area contributed by atoms with Crippen molar-refractivity contribution in [2.75, 3.05) is 20.8 Å². The van der Waals surface area contributed by atoms with Crippen LogP contribution in [-0.2, 0) is 14.3 Å². The third kappa shape index (κ3) is 7.27. The molecule has 0 spiro atoms. The number of methoxy groups -OCH3 is 2. The van der Waals surface area contributed by atoms with Crippen molar-refractivity contribution in [1.82, 2.24) is 40.6 Å². The van der Waals surface area contributed by atoms with E-state index < -0.39 is 24.1 Å². The average Bonchev–Trinajstić information content (AvgIpc) is 4.06. The number of nitrogens with one attached hydrogen (secondary N) is 4. The largest absolute Gasteiger partial charge is 0.456 e. The first-order chi connectivity index (χ1) is 27.0. The van der Waals surface area contributed by atoms with Crippen LogP contribution in [0.3, 0.4) is 0 Å². The summed E-state index contributed by atoms with van der Waals surface area (Å²) < 4.78 is 15.3. The molecular weight excluding hydrogens is 716 g/mol. The molecule has 0 saturated carbocycles. The minimum atomic E-state index is -0.756. The highest BCUT2D eigenvalue weighted by atomic mass is 16.5. The zero-order valence-corrected chi connectivity index (χ0v) is 32.0. The maximum Gasteiger partial charge on any atom is 0.425 e. The lowest BCUT2D eigenvalue weighted by Gasteiger charge is -2.30. The number of likely N-dealkylation sites (tertiary alicyclic amines) is 1. The fraction of sp³-hybridized carbons (Fsp3) is 0.317. The number of carbonyl (C=O) groups is 4. The predicted molar refractivity (Wildman–Crippen MR) is 208 cm³/mol. The molecule has 7 rings (SSSR count). The number of H-pyrrole nitrogens is 2. The maximum absolute atomic E-state index is 13.7. The van der Waals surface area contributed by atoms with Crippen molar-refractivity contribution in [2.45, 2.75) is 58.7 Å². The van der Waals surface area contributed by atoms with Gasteiger partial charge in [0.25, 0.3) is 5.91 Å². The third-order valence-electron chi connectivity index (χ3n) is 10.1. The molecule has 1 fully saturated rings. The summed E-state index contributed by atoms with van der Waals surface area (Å²) in [5.41, 5.74) is 9.67. The molecule has 2 bridgehead atoms. The van der Waals surface area contributed by atoms with Crippen LogP contribution >= 0.6 is 0 Å². The lowest BCUT2D eigenvalue weighted by Crippen LogP contribution is -2.51. The summed E-state index contributed by atoms with van der Waals surface area (Å²) in [5.74, 6) is 0.460. The molecule has 1 aliphatic heterocycles. The summed E-state index contributed by atoms with van der Waals surface area (Å²) in [4.78, 5) is 69.0. The van der Waals surface area contributed by atoms with E-state index >= 15 is 0 Å². The SMILES string of the molecule is COC(=O)N[C@H](C(=O)N1CCC[C@H]1c1ncc(-c2ccc(-c3ccc(-c4cnc(-c5c(C(=O)N(NC(=O)OC)C(C)C)c6ccc5o6)[nH]4)cc3)cc2)[nH]1)C(C)C. The van der Waals surface area contributed by atoms with E-state index in [1.54, 1.807) is 43.3 Å². The summed E-state index contributed by atoms with van der Waals surface area (Å²) in [7, 11) is 2.52. The van der Waals surface area contributed by atoms with Gasteiger partial charge in [-0.2, -0.15) is 0 Å². The molecule has 290 valence electrons. The monoisotopic (exact) mass is 760 g/mol. The summed E-state index contributed by atoms with van der Waals surface area (Å²) in [6, 6.07) is 18.5. The number of aromatic amines is 2. The van der Waals surface area contributed by atoms with Gasteiger partial charge in [0.2, 0.25) is 5.91 Å². The molecule has 15 heteroatoms. The lowest BCUT2D eigenvalue weighted by atomic mass is 10.0. The van der Waals surface area contributed by atoms with Crippen LogP contribution in [0.5, 0.6) is 0 Å². The number of benzene rings is 3. The first kappa shape index (κ1) is 37.7. The Bertz CT molecular complexity index is 2340. The number of hydrogen-bond donors (Lipinski definition) is 4. The number of hydrazine groups is 1. The number of alkyl carbamates (subject to hydrolysis) is 1. The summed E-state index contributed by atoms with van der Waals surface area (Å²) >= 11 is 0. The Morgan fingerprint density at radius 3 is 2.00 bits per heavy atom. The molecule has 0 radical (unpaired) electrons. The molecule has 15 nitrogen and oxygen atoms in total. The number of nitrogens with zero attached hydrogens (tertiary/aromatic N) is 4. The summed E-state index contributed by atoms with van der Waals surface area (Å²) in [6.45, 7) is 7.93. The number of rotatable bonds is 10. The van der Waals surface area contributed by atoms with Gasteiger partial charge in [-0.25, -0.2) is 30.0 Å². The Kier molecular flexibility index (Phi) is 10.5. The van der Waals surface area contributed by atoms with Crippen LogP contribution in [-0.4, -0.2) is 86.7 Å². The van der Waals surface area contributed by atoms with Crippen LogP contribution in [0, 0.1) is 5.92 Å². The molecule has 4 N–H and O–H groups in total. The zero-order valence-electron chi connectivity index (χ0n) is 32.0. The Labute approximate surface area is 323 Å². The van der Waals surface area contributed by atoms with E-state index in [-0.39, 0.29) is 23.9 Å². The highest BCUT2D eigenvalue weighted by Gasteiger charge is 2.37. The lowest BCUT2D eigenvalue weighted by molar-refractivity contribution is -0.135. The van der Waals surface area contributed by atoms with Gasteiger partial charge in [-0.15, -0.1) is 0 Å². The molecule has 4 amide bonds. The predicted octanol–water partition coefficient (Wildman–Crippen LogP) is 7.15. The average molecular weight is 761 g/mol. The Morgan fingerprint density at radius 2 is 1.39 bits per heavy atom. The quantitative estimate of drug-likeness (QED) is 0.105. The van der Waals surface area contributed by atoms with E-state index in [4.69, 9.17) is 13.9 Å². The molecule has 5 heterocycles. The van der Waals surface area contributed by atoms with Crippen LogP contribution in [0.4, 0.5) is 9.59 Å². The first-order valence-electron chi connectivity index (χ1n) is 18.5. The molecule has 0 aliphatic carbocycles. The topological polar surface area (TPSA) is 188 Å². The fourth-order valence-corrected chi connectivity index (χ4v) is 7.10. The molecule has 2 aromatic carbocycles. The Hall–Kier alpha value is -6.64. The zero-order chi connectivity index (χ0) is 39.7. The van der Waals surface area contributed by atoms with Crippen molar-refractivity contribution in [3.63, 3.8) is 0 Å². The molecular formula is C41H44N8O7. The maximum atomic E-state index is 13.7. The van der Waals surface area contributed by atoms with Gasteiger partial charge in [0, 0.05) is 12.6 Å². The highest BCUT2D eigenvalue weighted by Crippen LogP contribution is 2.38. The molecule has 2 atom stereocenters. The fourth-order valence-electron chi connectivity index (χ4n) is 7.10. The van der Waals surface area contributed by atoms with Crippen molar-refractivity contribution in [2.24, 2.45) is 5.92 Å². The molecule has 4 aromatic heterocycles. The number of amides is 4. The van der Waals surface area contributed by atoms with Gasteiger partial charge in [-0.05, 0) is 67.0 Å². The second kappa shape index (κ2) is 15.6. The van der Waals surface area contributed by atoms with Gasteiger partial charge in [-0.1, -0.05) is 62.4 Å². The molecule has 1 aliphatic rings. The van der Waals surface area contributed by atoms with Gasteiger partial charge < -0.3 is 34.1 Å². The Balaban J connectivity index is 1.04. The number of ether oxygens (including phenoxy) is 2. The molecule has 0 unspecified atom stereocenters. The van der Waals surface area contributed by atoms with E-state index in [0.717, 1.165) is 46.5 Å². The second-order valence-electron chi connectivity index (χ2n) is 14.3. The highest BCUT2D eigenvalue weighted by molar-refractivity contribution is 6.11. The Morgan fingerprint density at radius 1 is 0.804 bits per heavy atom. The van der Waals surface area contributed by atoms with Crippen molar-refractivity contribution < 1.29 is 33.1 Å². The van der Waals surface area contributed by atoms with Gasteiger partial charge in [0.05, 0.1) is 55.2 Å². The van der Waals surface area contributed by atoms with E-state index in [0.29, 0.717) is 40.5 Å². The van der Waals surface area contributed by atoms with E-state index in [2.05, 4.69) is 30.7 Å². The van der Waals surface area contributed by atoms with E-state index in [1.165, 1.54) is 19.2 Å². The van der Waals surface area contributed by atoms with Crippen LogP contribution in [0.25, 0.3) is 56.2 Å². The number of carbonyl (C=O) groups excluding carboxylic acids is 4. The van der Waals surface area contributed by atoms with Crippen molar-refractivity contribution >= 4 is 35.2 Å². The number of aromatic nitrogens is 4. The van der Waals surface area contributed by atoms with Crippen molar-refractivity contribution in [3.8, 4) is 45.0 Å². The minimum absolute atomic E-state index is 0.113. The minimum Gasteiger partial charge on any atom is -0.456 e. The molecule has 6 aromatic rings. The van der Waals surface area contributed by atoms with Gasteiger partial charge in [-0.3, -0.25) is 9.59 Å². The molecule has 1 saturated heterocycles. The number of fused-ring (bicyclic) bond motifs is 2. The van der Waals surface area contributed by atoms with Gasteiger partial charge in [0.15, 0.2) is 0 Å². The standard InChI is InChI=1S/C41H44N8O7/c1-22(2)35(46-40(52)54-5)39(51)48-19-7-8-30(48)36-42-20-28(44-36)26-13-9-24(10-14-26)25-11-15-27(16-12-25)29-21-43-37(45-29)33-31-17-18-32(56-31)34(33)38(50)49(23(3)4)47-41(53)55-6/h9-18,20-23,30,35H,7-8,19H2,1-6H3,(H,42,44)(H,43,45)(H,46,52)(H,47,53)/t30-,35-/m0/s1. The van der Waals surface area contributed by atoms with E-state index in [1.807, 2.05) is 62.4 Å². The second-order valence-corrected chi connectivity index (χ2v) is 14.3. The summed E-state index contributed by atoms with van der Waals surface area (Å²) in [5, 5.41) is 3.90. The van der Waals surface area contributed by atoms with Crippen LogP contribution in [0.2, 0.25) is 0 Å². The first-order valence-corrected chi connectivity index (χ1v) is 18.5. The van der Waals surface area contributed by atoms with Crippen molar-refractivity contribution in [3.05, 3.63) is 84.4 Å². The normalized spacial score (nSPS) is 14.7. The number of hydrogen-bond acceptors (Lipinski definition) is 9.